The number of aromatic nitrogens is 1. The minimum Gasteiger partial charge on any atom is -0.391 e. The van der Waals surface area contributed by atoms with Crippen molar-refractivity contribution in [3.63, 3.8) is 0 Å². The predicted octanol–water partition coefficient (Wildman–Crippen LogP) is 2.47. The molecule has 1 fully saturated rings. The van der Waals surface area contributed by atoms with E-state index in [1.54, 1.807) is 11.3 Å². The quantitative estimate of drug-likeness (QED) is 0.891. The maximum absolute atomic E-state index is 9.27. The lowest BCUT2D eigenvalue weighted by molar-refractivity contribution is 0.186. The van der Waals surface area contributed by atoms with Gasteiger partial charge < -0.3 is 10.0 Å². The topological polar surface area (TPSA) is 36.4 Å². The van der Waals surface area contributed by atoms with Gasteiger partial charge in [0, 0.05) is 19.5 Å². The number of hydrogen-bond donors (Lipinski definition) is 1. The van der Waals surface area contributed by atoms with Crippen LogP contribution in [0, 0.1) is 5.92 Å². The molecule has 4 heteroatoms. The SMILES string of the molecule is CCc1nc(CCN2CCCC(C)C2)sc1CO. The zero-order valence-corrected chi connectivity index (χ0v) is 12.3. The molecule has 0 radical (unpaired) electrons. The molecule has 1 aliphatic heterocycles. The number of hydrogen-bond acceptors (Lipinski definition) is 4. The highest BCUT2D eigenvalue weighted by Crippen LogP contribution is 2.21. The van der Waals surface area contributed by atoms with Crippen LogP contribution in [0.4, 0.5) is 0 Å². The number of aliphatic hydroxyl groups excluding tert-OH is 1. The lowest BCUT2D eigenvalue weighted by Gasteiger charge is -2.30. The van der Waals surface area contributed by atoms with Crippen LogP contribution in [0.1, 0.15) is 42.3 Å². The highest BCUT2D eigenvalue weighted by Gasteiger charge is 2.16. The second kappa shape index (κ2) is 6.64. The fourth-order valence-electron chi connectivity index (χ4n) is 2.69. The van der Waals surface area contributed by atoms with Crippen LogP contribution >= 0.6 is 11.3 Å². The van der Waals surface area contributed by atoms with Crippen molar-refractivity contribution in [2.45, 2.75) is 46.1 Å². The molecule has 0 aromatic carbocycles. The van der Waals surface area contributed by atoms with Gasteiger partial charge in [0.1, 0.15) is 0 Å². The Morgan fingerprint density at radius 3 is 2.94 bits per heavy atom. The molecule has 1 unspecified atom stereocenters. The molecule has 1 N–H and O–H groups in total. The third-order valence-electron chi connectivity index (χ3n) is 3.68. The molecule has 102 valence electrons. The van der Waals surface area contributed by atoms with E-state index in [-0.39, 0.29) is 6.61 Å². The average molecular weight is 268 g/mol. The van der Waals surface area contributed by atoms with Crippen LogP contribution in [0.3, 0.4) is 0 Å². The Balaban J connectivity index is 1.87. The van der Waals surface area contributed by atoms with E-state index in [4.69, 9.17) is 0 Å². The second-order valence-electron chi connectivity index (χ2n) is 5.29. The molecule has 3 nitrogen and oxygen atoms in total. The summed E-state index contributed by atoms with van der Waals surface area (Å²) >= 11 is 1.69. The summed E-state index contributed by atoms with van der Waals surface area (Å²) in [6.45, 7) is 8.18. The summed E-state index contributed by atoms with van der Waals surface area (Å²) in [6.07, 6.45) is 4.67. The molecule has 0 amide bonds. The van der Waals surface area contributed by atoms with Crippen molar-refractivity contribution in [2.75, 3.05) is 19.6 Å². The molecule has 1 saturated heterocycles. The van der Waals surface area contributed by atoms with Crippen LogP contribution in [-0.2, 0) is 19.4 Å². The van der Waals surface area contributed by atoms with Gasteiger partial charge in [-0.05, 0) is 31.7 Å². The van der Waals surface area contributed by atoms with E-state index in [2.05, 4.69) is 23.7 Å². The third kappa shape index (κ3) is 3.53. The van der Waals surface area contributed by atoms with Gasteiger partial charge in [0.25, 0.3) is 0 Å². The van der Waals surface area contributed by atoms with E-state index in [0.717, 1.165) is 35.9 Å². The molecule has 1 aromatic heterocycles. The summed E-state index contributed by atoms with van der Waals surface area (Å²) in [5, 5.41) is 10.5. The minimum atomic E-state index is 0.140. The maximum atomic E-state index is 9.27. The van der Waals surface area contributed by atoms with E-state index >= 15 is 0 Å². The Hall–Kier alpha value is -0.450. The Morgan fingerprint density at radius 2 is 2.33 bits per heavy atom. The second-order valence-corrected chi connectivity index (χ2v) is 6.46. The van der Waals surface area contributed by atoms with Crippen molar-refractivity contribution in [2.24, 2.45) is 5.92 Å². The van der Waals surface area contributed by atoms with Gasteiger partial charge in [0.15, 0.2) is 0 Å². The van der Waals surface area contributed by atoms with Gasteiger partial charge >= 0.3 is 0 Å². The van der Waals surface area contributed by atoms with E-state index in [1.807, 2.05) is 0 Å². The van der Waals surface area contributed by atoms with Crippen LogP contribution in [0.15, 0.2) is 0 Å². The van der Waals surface area contributed by atoms with Gasteiger partial charge in [-0.15, -0.1) is 11.3 Å². The number of rotatable bonds is 5. The maximum Gasteiger partial charge on any atom is 0.0944 e. The fraction of sp³-hybridized carbons (Fsp3) is 0.786. The largest absolute Gasteiger partial charge is 0.391 e. The Morgan fingerprint density at radius 1 is 1.50 bits per heavy atom. The first-order valence-corrected chi connectivity index (χ1v) is 7.85. The molecule has 2 rings (SSSR count). The molecule has 0 bridgehead atoms. The van der Waals surface area contributed by atoms with Crippen LogP contribution in [0.5, 0.6) is 0 Å². The number of aliphatic hydroxyl groups is 1. The predicted molar refractivity (Wildman–Crippen MR) is 76.0 cm³/mol. The molecule has 0 aliphatic carbocycles. The summed E-state index contributed by atoms with van der Waals surface area (Å²) < 4.78 is 0. The number of likely N-dealkylation sites (tertiary alicyclic amines) is 1. The van der Waals surface area contributed by atoms with Crippen molar-refractivity contribution in [1.29, 1.82) is 0 Å². The highest BCUT2D eigenvalue weighted by atomic mass is 32.1. The van der Waals surface area contributed by atoms with Gasteiger partial charge in [-0.25, -0.2) is 4.98 Å². The van der Waals surface area contributed by atoms with Gasteiger partial charge in [0.2, 0.25) is 0 Å². The van der Waals surface area contributed by atoms with Crippen molar-refractivity contribution in [3.8, 4) is 0 Å². The van der Waals surface area contributed by atoms with Crippen LogP contribution in [0.2, 0.25) is 0 Å². The van der Waals surface area contributed by atoms with Gasteiger partial charge in [-0.1, -0.05) is 13.8 Å². The minimum absolute atomic E-state index is 0.140. The molecule has 18 heavy (non-hydrogen) atoms. The summed E-state index contributed by atoms with van der Waals surface area (Å²) in [5.41, 5.74) is 1.09. The van der Waals surface area contributed by atoms with Gasteiger partial charge in [-0.2, -0.15) is 0 Å². The molecular weight excluding hydrogens is 244 g/mol. The fourth-order valence-corrected chi connectivity index (χ4v) is 3.69. The van der Waals surface area contributed by atoms with E-state index in [1.165, 1.54) is 30.9 Å². The highest BCUT2D eigenvalue weighted by molar-refractivity contribution is 7.11. The number of nitrogens with zero attached hydrogens (tertiary/aromatic N) is 2. The first-order valence-electron chi connectivity index (χ1n) is 7.03. The van der Waals surface area contributed by atoms with Crippen molar-refractivity contribution >= 4 is 11.3 Å². The van der Waals surface area contributed by atoms with Gasteiger partial charge in [-0.3, -0.25) is 0 Å². The third-order valence-corrected chi connectivity index (χ3v) is 4.83. The first-order chi connectivity index (χ1) is 8.72. The number of aryl methyl sites for hydroxylation is 1. The van der Waals surface area contributed by atoms with E-state index < -0.39 is 0 Å². The molecule has 1 aliphatic rings. The Labute approximate surface area is 114 Å². The first kappa shape index (κ1) is 14.0. The molecular formula is C14H24N2OS. The average Bonchev–Trinajstić information content (AvgIpc) is 2.79. The van der Waals surface area contributed by atoms with E-state index in [0.29, 0.717) is 0 Å². The molecule has 0 spiro atoms. The lowest BCUT2D eigenvalue weighted by atomic mass is 10.0. The van der Waals surface area contributed by atoms with Crippen LogP contribution < -0.4 is 0 Å². The van der Waals surface area contributed by atoms with Gasteiger partial charge in [0.05, 0.1) is 22.2 Å². The van der Waals surface area contributed by atoms with E-state index in [9.17, 15) is 5.11 Å². The smallest absolute Gasteiger partial charge is 0.0944 e. The molecule has 0 saturated carbocycles. The molecule has 1 aromatic rings. The lowest BCUT2D eigenvalue weighted by Crippen LogP contribution is -2.35. The summed E-state index contributed by atoms with van der Waals surface area (Å²) in [4.78, 5) is 8.25. The van der Waals surface area contributed by atoms with Crippen LogP contribution in [0.25, 0.3) is 0 Å². The zero-order chi connectivity index (χ0) is 13.0. The molecule has 1 atom stereocenters. The Bertz CT molecular complexity index is 356. The summed E-state index contributed by atoms with van der Waals surface area (Å²) in [6, 6.07) is 0. The zero-order valence-electron chi connectivity index (χ0n) is 11.5. The standard InChI is InChI=1S/C14H24N2OS/c1-3-12-13(10-17)18-14(15-12)6-8-16-7-4-5-11(2)9-16/h11,17H,3-10H2,1-2H3. The number of piperidine rings is 1. The van der Waals surface area contributed by atoms with Crippen LogP contribution in [-0.4, -0.2) is 34.6 Å². The van der Waals surface area contributed by atoms with Crippen molar-refractivity contribution in [3.05, 3.63) is 15.6 Å². The number of thiazole rings is 1. The summed E-state index contributed by atoms with van der Waals surface area (Å²) in [5.74, 6) is 0.842. The summed E-state index contributed by atoms with van der Waals surface area (Å²) in [7, 11) is 0. The van der Waals surface area contributed by atoms with Crippen molar-refractivity contribution in [1.82, 2.24) is 9.88 Å². The van der Waals surface area contributed by atoms with Crippen molar-refractivity contribution < 1.29 is 5.11 Å². The molecule has 2 heterocycles. The Kier molecular flexibility index (Phi) is 5.15. The normalized spacial score (nSPS) is 21.4. The monoisotopic (exact) mass is 268 g/mol.